The number of hydrogen-bond donors (Lipinski definition) is 2. The van der Waals surface area contributed by atoms with E-state index in [1.807, 2.05) is 6.08 Å². The van der Waals surface area contributed by atoms with Gasteiger partial charge in [-0.1, -0.05) is 51.7 Å². The number of carbonyl (C=O) groups excluding carboxylic acids is 1. The summed E-state index contributed by atoms with van der Waals surface area (Å²) in [5.74, 6) is 1.55. The molecule has 2 N–H and O–H groups in total. The van der Waals surface area contributed by atoms with Crippen molar-refractivity contribution >= 4 is 5.91 Å². The zero-order valence-electron chi connectivity index (χ0n) is 18.9. The molecule has 3 aliphatic carbocycles. The van der Waals surface area contributed by atoms with Gasteiger partial charge in [0.2, 0.25) is 5.91 Å². The Morgan fingerprint density at radius 3 is 2.55 bits per heavy atom. The molecule has 4 fully saturated rings. The highest BCUT2D eigenvalue weighted by atomic mass is 16.2. The highest BCUT2D eigenvalue weighted by Gasteiger charge is 2.56. The summed E-state index contributed by atoms with van der Waals surface area (Å²) in [7, 11) is 0. The summed E-state index contributed by atoms with van der Waals surface area (Å²) in [5.41, 5.74) is 1.49. The molecule has 4 bridgehead atoms. The van der Waals surface area contributed by atoms with E-state index in [4.69, 9.17) is 0 Å². The highest BCUT2D eigenvalue weighted by molar-refractivity contribution is 5.83. The maximum Gasteiger partial charge on any atom is 0.226 e. The van der Waals surface area contributed by atoms with E-state index in [1.54, 1.807) is 0 Å². The number of fused-ring (bicyclic) bond motifs is 4. The second-order valence-corrected chi connectivity index (χ2v) is 11.6. The van der Waals surface area contributed by atoms with Crippen molar-refractivity contribution < 1.29 is 4.79 Å². The van der Waals surface area contributed by atoms with Crippen LogP contribution in [0.5, 0.6) is 0 Å². The molecule has 0 aromatic rings. The van der Waals surface area contributed by atoms with Crippen LogP contribution in [0.4, 0.5) is 0 Å². The van der Waals surface area contributed by atoms with Gasteiger partial charge in [-0.15, -0.1) is 0 Å². The maximum atomic E-state index is 13.6. The largest absolute Gasteiger partial charge is 0.353 e. The molecular formula is C26H40N2O. The van der Waals surface area contributed by atoms with Crippen LogP contribution in [0, 0.1) is 28.1 Å². The fourth-order valence-corrected chi connectivity index (χ4v) is 7.77. The van der Waals surface area contributed by atoms with Gasteiger partial charge in [-0.25, -0.2) is 0 Å². The van der Waals surface area contributed by atoms with Gasteiger partial charge in [-0.05, 0) is 80.1 Å². The summed E-state index contributed by atoms with van der Waals surface area (Å²) in [6.07, 6.45) is 16.5. The third-order valence-corrected chi connectivity index (χ3v) is 8.29. The number of rotatable bonds is 5. The van der Waals surface area contributed by atoms with Gasteiger partial charge in [0.25, 0.3) is 0 Å². The first-order chi connectivity index (χ1) is 13.7. The normalized spacial score (nSPS) is 43.5. The first-order valence-electron chi connectivity index (χ1n) is 11.7. The second kappa shape index (κ2) is 7.41. The molecule has 0 spiro atoms. The number of piperidine rings is 1. The SMILES string of the molecule is C=C/C=C(\C=C/C)C12CC(CC(C)(C)C1)CC(C)(C(=O)NC1CC3CC1CN3)C2. The molecule has 1 amide bonds. The number of carbonyl (C=O) groups is 1. The van der Waals surface area contributed by atoms with Crippen molar-refractivity contribution in [2.75, 3.05) is 6.54 Å². The molecule has 3 nitrogen and oxygen atoms in total. The minimum Gasteiger partial charge on any atom is -0.353 e. The molecule has 0 radical (unpaired) electrons. The summed E-state index contributed by atoms with van der Waals surface area (Å²) in [6, 6.07) is 0.992. The van der Waals surface area contributed by atoms with Crippen molar-refractivity contribution in [3.8, 4) is 0 Å². The van der Waals surface area contributed by atoms with Crippen LogP contribution in [0.25, 0.3) is 0 Å². The quantitative estimate of drug-likeness (QED) is 0.631. The monoisotopic (exact) mass is 396 g/mol. The molecule has 29 heavy (non-hydrogen) atoms. The van der Waals surface area contributed by atoms with Crippen LogP contribution in [0.3, 0.4) is 0 Å². The van der Waals surface area contributed by atoms with E-state index in [2.05, 4.69) is 63.1 Å². The van der Waals surface area contributed by atoms with Crippen LogP contribution in [-0.2, 0) is 4.79 Å². The van der Waals surface area contributed by atoms with Crippen LogP contribution >= 0.6 is 0 Å². The average Bonchev–Trinajstić information content (AvgIpc) is 3.22. The molecule has 1 heterocycles. The molecular weight excluding hydrogens is 356 g/mol. The molecule has 4 rings (SSSR count). The molecule has 3 saturated carbocycles. The van der Waals surface area contributed by atoms with Gasteiger partial charge in [0.1, 0.15) is 0 Å². The first-order valence-corrected chi connectivity index (χ1v) is 11.7. The van der Waals surface area contributed by atoms with Crippen molar-refractivity contribution in [2.24, 2.45) is 28.1 Å². The van der Waals surface area contributed by atoms with Crippen molar-refractivity contribution in [1.82, 2.24) is 10.6 Å². The Labute approximate surface area is 177 Å². The van der Waals surface area contributed by atoms with E-state index in [9.17, 15) is 4.79 Å². The third-order valence-electron chi connectivity index (χ3n) is 8.29. The van der Waals surface area contributed by atoms with Crippen LogP contribution in [0.15, 0.2) is 36.5 Å². The number of allylic oxidation sites excluding steroid dienone is 5. The summed E-state index contributed by atoms with van der Waals surface area (Å²) in [5, 5.41) is 7.08. The zero-order valence-corrected chi connectivity index (χ0v) is 18.9. The van der Waals surface area contributed by atoms with E-state index >= 15 is 0 Å². The van der Waals surface area contributed by atoms with Crippen molar-refractivity contribution in [2.45, 2.75) is 84.7 Å². The standard InChI is InChI=1S/C26H40N2O/c1-6-8-20(9-7-2)26-14-18(12-24(3,4)16-26)13-25(5,17-26)23(29)28-22-11-21-10-19(22)15-27-21/h6-9,18-19,21-22,27H,1,10-17H2,2-5H3,(H,28,29)/b9-7-,20-8+. The summed E-state index contributed by atoms with van der Waals surface area (Å²) in [6.45, 7) is 14.2. The molecule has 0 aromatic heterocycles. The minimum absolute atomic E-state index is 0.0771. The predicted octanol–water partition coefficient (Wildman–Crippen LogP) is 5.15. The topological polar surface area (TPSA) is 41.1 Å². The first kappa shape index (κ1) is 20.9. The number of hydrogen-bond acceptors (Lipinski definition) is 2. The van der Waals surface area contributed by atoms with Crippen molar-refractivity contribution in [3.63, 3.8) is 0 Å². The lowest BCUT2D eigenvalue weighted by Crippen LogP contribution is -2.55. The van der Waals surface area contributed by atoms with Gasteiger partial charge in [-0.2, -0.15) is 0 Å². The van der Waals surface area contributed by atoms with Crippen molar-refractivity contribution in [1.29, 1.82) is 0 Å². The Balaban J connectivity index is 1.61. The third kappa shape index (κ3) is 3.87. The van der Waals surface area contributed by atoms with Crippen LogP contribution in [0.2, 0.25) is 0 Å². The van der Waals surface area contributed by atoms with E-state index < -0.39 is 0 Å². The van der Waals surface area contributed by atoms with Gasteiger partial charge < -0.3 is 10.6 Å². The fraction of sp³-hybridized carbons (Fsp3) is 0.731. The minimum atomic E-state index is -0.281. The molecule has 160 valence electrons. The second-order valence-electron chi connectivity index (χ2n) is 11.6. The van der Waals surface area contributed by atoms with Crippen LogP contribution in [-0.4, -0.2) is 24.5 Å². The Hall–Kier alpha value is -1.35. The molecule has 4 aliphatic rings. The Bertz CT molecular complexity index is 735. The number of nitrogens with one attached hydrogen (secondary N) is 2. The summed E-state index contributed by atoms with van der Waals surface area (Å²) in [4.78, 5) is 13.6. The van der Waals surface area contributed by atoms with E-state index in [0.29, 0.717) is 35.2 Å². The molecule has 1 aliphatic heterocycles. The van der Waals surface area contributed by atoms with Gasteiger partial charge in [0.05, 0.1) is 0 Å². The average molecular weight is 397 g/mol. The lowest BCUT2D eigenvalue weighted by Gasteiger charge is -2.57. The van der Waals surface area contributed by atoms with Gasteiger partial charge in [-0.3, -0.25) is 4.79 Å². The maximum absolute atomic E-state index is 13.6. The predicted molar refractivity (Wildman–Crippen MR) is 120 cm³/mol. The lowest BCUT2D eigenvalue weighted by atomic mass is 9.47. The van der Waals surface area contributed by atoms with E-state index in [0.717, 1.165) is 32.2 Å². The zero-order chi connectivity index (χ0) is 20.9. The van der Waals surface area contributed by atoms with Crippen molar-refractivity contribution in [3.05, 3.63) is 36.5 Å². The Morgan fingerprint density at radius 2 is 1.93 bits per heavy atom. The molecule has 6 unspecified atom stereocenters. The van der Waals surface area contributed by atoms with Gasteiger partial charge >= 0.3 is 0 Å². The molecule has 6 atom stereocenters. The summed E-state index contributed by atoms with van der Waals surface area (Å²) >= 11 is 0. The molecule has 1 saturated heterocycles. The van der Waals surface area contributed by atoms with E-state index in [1.165, 1.54) is 24.8 Å². The smallest absolute Gasteiger partial charge is 0.226 e. The van der Waals surface area contributed by atoms with Gasteiger partial charge in [0, 0.05) is 24.0 Å². The Morgan fingerprint density at radius 1 is 1.14 bits per heavy atom. The lowest BCUT2D eigenvalue weighted by molar-refractivity contribution is -0.140. The number of amides is 1. The molecule has 3 heteroatoms. The molecule has 0 aromatic carbocycles. The van der Waals surface area contributed by atoms with Crippen LogP contribution < -0.4 is 10.6 Å². The highest BCUT2D eigenvalue weighted by Crippen LogP contribution is 2.63. The van der Waals surface area contributed by atoms with E-state index in [-0.39, 0.29) is 10.8 Å². The summed E-state index contributed by atoms with van der Waals surface area (Å²) < 4.78 is 0. The Kier molecular flexibility index (Phi) is 5.34. The van der Waals surface area contributed by atoms with Crippen LogP contribution in [0.1, 0.15) is 72.6 Å². The van der Waals surface area contributed by atoms with Gasteiger partial charge in [0.15, 0.2) is 0 Å². The fourth-order valence-electron chi connectivity index (χ4n) is 7.77.